The highest BCUT2D eigenvalue weighted by molar-refractivity contribution is 7.12. The van der Waals surface area contributed by atoms with E-state index in [-0.39, 0.29) is 30.4 Å². The summed E-state index contributed by atoms with van der Waals surface area (Å²) in [5, 5.41) is 1.88. The van der Waals surface area contributed by atoms with Gasteiger partial charge >= 0.3 is 0 Å². The summed E-state index contributed by atoms with van der Waals surface area (Å²) in [6.45, 7) is 5.22. The number of ether oxygens (including phenoxy) is 1. The molecule has 0 saturated heterocycles. The van der Waals surface area contributed by atoms with Gasteiger partial charge in [0.1, 0.15) is 18.3 Å². The Morgan fingerprint density at radius 1 is 1.13 bits per heavy atom. The minimum absolute atomic E-state index is 0.0424. The van der Waals surface area contributed by atoms with Crippen molar-refractivity contribution in [2.45, 2.75) is 32.5 Å². The second-order valence-corrected chi connectivity index (χ2v) is 8.81. The van der Waals surface area contributed by atoms with E-state index >= 15 is 0 Å². The number of hydrogen-bond acceptors (Lipinski definition) is 4. The Morgan fingerprint density at radius 2 is 1.94 bits per heavy atom. The van der Waals surface area contributed by atoms with Gasteiger partial charge in [-0.25, -0.2) is 0 Å². The summed E-state index contributed by atoms with van der Waals surface area (Å²) in [6.07, 6.45) is 2.04. The first kappa shape index (κ1) is 21.2. The first-order chi connectivity index (χ1) is 15.0. The van der Waals surface area contributed by atoms with Crippen LogP contribution in [0.5, 0.6) is 5.75 Å². The van der Waals surface area contributed by atoms with Crippen LogP contribution in [0.15, 0.2) is 60.1 Å². The van der Waals surface area contributed by atoms with Crippen LogP contribution in [0, 0.1) is 0 Å². The van der Waals surface area contributed by atoms with Gasteiger partial charge in [0, 0.05) is 36.6 Å². The number of carbonyl (C=O) groups is 2. The zero-order chi connectivity index (χ0) is 22.0. The molecule has 0 saturated carbocycles. The smallest absolute Gasteiger partial charge is 0.264 e. The Bertz CT molecular complexity index is 1060. The second kappa shape index (κ2) is 8.98. The maximum Gasteiger partial charge on any atom is 0.264 e. The van der Waals surface area contributed by atoms with E-state index in [2.05, 4.69) is 4.57 Å². The number of hydrogen-bond donors (Lipinski definition) is 0. The molecule has 7 heteroatoms. The number of carbonyl (C=O) groups excluding carboxylic acids is 2. The molecule has 1 aromatic carbocycles. The number of benzene rings is 1. The van der Waals surface area contributed by atoms with Crippen LogP contribution >= 0.6 is 11.3 Å². The van der Waals surface area contributed by atoms with E-state index in [1.54, 1.807) is 18.1 Å². The average molecular weight is 438 g/mol. The minimum Gasteiger partial charge on any atom is -0.496 e. The zero-order valence-electron chi connectivity index (χ0n) is 18.0. The Hall–Kier alpha value is -3.06. The van der Waals surface area contributed by atoms with Gasteiger partial charge in [-0.15, -0.1) is 11.3 Å². The Labute approximate surface area is 186 Å². The highest BCUT2D eigenvalue weighted by atomic mass is 32.1. The molecule has 4 rings (SSSR count). The van der Waals surface area contributed by atoms with Crippen molar-refractivity contribution in [1.82, 2.24) is 14.4 Å². The molecule has 0 radical (unpaired) electrons. The van der Waals surface area contributed by atoms with Crippen molar-refractivity contribution in [3.05, 3.63) is 76.2 Å². The van der Waals surface area contributed by atoms with E-state index in [1.807, 2.05) is 72.8 Å². The molecular weight excluding hydrogens is 410 g/mol. The number of thiophene rings is 1. The number of para-hydroxylation sites is 1. The monoisotopic (exact) mass is 437 g/mol. The van der Waals surface area contributed by atoms with Gasteiger partial charge in [0.2, 0.25) is 5.91 Å². The molecule has 0 bridgehead atoms. The van der Waals surface area contributed by atoms with Crippen LogP contribution in [0.25, 0.3) is 0 Å². The number of methoxy groups -OCH3 is 1. The summed E-state index contributed by atoms with van der Waals surface area (Å²) in [7, 11) is 1.65. The highest BCUT2D eigenvalue weighted by Crippen LogP contribution is 2.37. The molecule has 31 heavy (non-hydrogen) atoms. The van der Waals surface area contributed by atoms with E-state index in [0.29, 0.717) is 11.4 Å². The Kier molecular flexibility index (Phi) is 6.13. The molecule has 0 spiro atoms. The summed E-state index contributed by atoms with van der Waals surface area (Å²) >= 11 is 1.40. The number of fused-ring (bicyclic) bond motifs is 1. The summed E-state index contributed by atoms with van der Waals surface area (Å²) < 4.78 is 7.79. The molecule has 0 fully saturated rings. The fourth-order valence-corrected chi connectivity index (χ4v) is 4.82. The van der Waals surface area contributed by atoms with Gasteiger partial charge in [-0.3, -0.25) is 9.59 Å². The fourth-order valence-electron chi connectivity index (χ4n) is 4.14. The quantitative estimate of drug-likeness (QED) is 0.585. The van der Waals surface area contributed by atoms with Crippen molar-refractivity contribution in [3.8, 4) is 5.75 Å². The van der Waals surface area contributed by atoms with Gasteiger partial charge in [0.25, 0.3) is 5.91 Å². The van der Waals surface area contributed by atoms with Crippen LogP contribution in [0.1, 0.15) is 40.8 Å². The SMILES string of the molecule is COc1ccccc1C1c2cccn2CCN1C(=O)CN(C(=O)c1cccs1)C(C)C. The number of rotatable bonds is 6. The molecule has 1 unspecified atom stereocenters. The molecule has 0 N–H and O–H groups in total. The lowest BCUT2D eigenvalue weighted by molar-refractivity contribution is -0.135. The van der Waals surface area contributed by atoms with E-state index in [1.165, 1.54) is 11.3 Å². The molecule has 162 valence electrons. The lowest BCUT2D eigenvalue weighted by Gasteiger charge is -2.39. The maximum atomic E-state index is 13.6. The van der Waals surface area contributed by atoms with Crippen molar-refractivity contribution >= 4 is 23.2 Å². The van der Waals surface area contributed by atoms with Gasteiger partial charge in [-0.05, 0) is 43.5 Å². The van der Waals surface area contributed by atoms with Gasteiger partial charge in [-0.2, -0.15) is 0 Å². The summed E-state index contributed by atoms with van der Waals surface area (Å²) in [5.74, 6) is 0.574. The number of amides is 2. The topological polar surface area (TPSA) is 54.8 Å². The highest BCUT2D eigenvalue weighted by Gasteiger charge is 2.35. The predicted molar refractivity (Wildman–Crippen MR) is 121 cm³/mol. The second-order valence-electron chi connectivity index (χ2n) is 7.86. The third-order valence-corrected chi connectivity index (χ3v) is 6.57. The molecule has 1 atom stereocenters. The maximum absolute atomic E-state index is 13.6. The van der Waals surface area contributed by atoms with Crippen LogP contribution in [0.2, 0.25) is 0 Å². The standard InChI is InChI=1S/C24H27N3O3S/c1-17(2)27(24(29)21-11-7-15-31-21)16-22(28)26-14-13-25-12-6-9-19(25)23(26)18-8-4-5-10-20(18)30-3/h4-12,15,17,23H,13-14,16H2,1-3H3. The molecule has 0 aliphatic carbocycles. The Balaban J connectivity index is 1.66. The van der Waals surface area contributed by atoms with Crippen molar-refractivity contribution in [1.29, 1.82) is 0 Å². The lowest BCUT2D eigenvalue weighted by Crippen LogP contribution is -2.49. The number of nitrogens with zero attached hydrogens (tertiary/aromatic N) is 3. The molecule has 3 aromatic rings. The molecule has 1 aliphatic rings. The molecule has 2 aromatic heterocycles. The molecule has 6 nitrogen and oxygen atoms in total. The third kappa shape index (κ3) is 4.10. The van der Waals surface area contributed by atoms with Crippen LogP contribution in [-0.4, -0.2) is 52.4 Å². The Morgan fingerprint density at radius 3 is 2.65 bits per heavy atom. The summed E-state index contributed by atoms with van der Waals surface area (Å²) in [5.41, 5.74) is 1.99. The van der Waals surface area contributed by atoms with Crippen molar-refractivity contribution in [2.24, 2.45) is 0 Å². The first-order valence-electron chi connectivity index (χ1n) is 10.4. The predicted octanol–water partition coefficient (Wildman–Crippen LogP) is 4.04. The van der Waals surface area contributed by atoms with Gasteiger partial charge in [0.05, 0.1) is 12.0 Å². The molecule has 3 heterocycles. The van der Waals surface area contributed by atoms with Gasteiger partial charge in [0.15, 0.2) is 0 Å². The minimum atomic E-state index is -0.266. The zero-order valence-corrected chi connectivity index (χ0v) is 18.8. The van der Waals surface area contributed by atoms with Crippen molar-refractivity contribution in [2.75, 3.05) is 20.2 Å². The van der Waals surface area contributed by atoms with Gasteiger partial charge < -0.3 is 19.1 Å². The fraction of sp³-hybridized carbons (Fsp3) is 0.333. The summed E-state index contributed by atoms with van der Waals surface area (Å²) in [4.78, 5) is 30.8. The lowest BCUT2D eigenvalue weighted by atomic mass is 9.98. The first-order valence-corrected chi connectivity index (χ1v) is 11.3. The normalized spacial score (nSPS) is 15.6. The van der Waals surface area contributed by atoms with Crippen LogP contribution in [-0.2, 0) is 11.3 Å². The van der Waals surface area contributed by atoms with E-state index in [4.69, 9.17) is 4.74 Å². The van der Waals surface area contributed by atoms with Crippen LogP contribution in [0.3, 0.4) is 0 Å². The van der Waals surface area contributed by atoms with E-state index < -0.39 is 0 Å². The van der Waals surface area contributed by atoms with E-state index in [9.17, 15) is 9.59 Å². The van der Waals surface area contributed by atoms with Crippen LogP contribution < -0.4 is 4.74 Å². The molecular formula is C24H27N3O3S. The van der Waals surface area contributed by atoms with Gasteiger partial charge in [-0.1, -0.05) is 24.3 Å². The van der Waals surface area contributed by atoms with Crippen molar-refractivity contribution < 1.29 is 14.3 Å². The van der Waals surface area contributed by atoms with Crippen molar-refractivity contribution in [3.63, 3.8) is 0 Å². The largest absolute Gasteiger partial charge is 0.496 e. The molecule has 1 aliphatic heterocycles. The summed E-state index contributed by atoms with van der Waals surface area (Å²) in [6, 6.07) is 15.2. The third-order valence-electron chi connectivity index (χ3n) is 5.71. The number of aromatic nitrogens is 1. The molecule has 2 amide bonds. The van der Waals surface area contributed by atoms with E-state index in [0.717, 1.165) is 23.6 Å². The van der Waals surface area contributed by atoms with Crippen LogP contribution in [0.4, 0.5) is 0 Å². The average Bonchev–Trinajstić information content (AvgIpc) is 3.48.